The quantitative estimate of drug-likeness (QED) is 0.329. The molecule has 0 aliphatic heterocycles. The minimum atomic E-state index is -3.77. The van der Waals surface area contributed by atoms with Crippen LogP contribution in [0.25, 0.3) is 10.8 Å². The van der Waals surface area contributed by atoms with Crippen molar-refractivity contribution >= 4 is 49.7 Å². The molecule has 4 rings (SSSR count). The van der Waals surface area contributed by atoms with Crippen molar-refractivity contribution < 1.29 is 22.7 Å². The van der Waals surface area contributed by atoms with Gasteiger partial charge in [0.25, 0.3) is 0 Å². The molecule has 180 valence electrons. The molecule has 0 unspecified atom stereocenters. The fourth-order valence-corrected chi connectivity index (χ4v) is 4.68. The minimum absolute atomic E-state index is 0.291. The number of hydrogen-bond acceptors (Lipinski definition) is 5. The van der Waals surface area contributed by atoms with Crippen LogP contribution in [0.15, 0.2) is 84.9 Å². The number of fused-ring (bicyclic) bond motifs is 1. The summed E-state index contributed by atoms with van der Waals surface area (Å²) in [5, 5.41) is 4.69. The molecular weight excluding hydrogens is 488 g/mol. The first-order chi connectivity index (χ1) is 16.8. The van der Waals surface area contributed by atoms with Gasteiger partial charge in [-0.2, -0.15) is 0 Å². The number of carbonyl (C=O) groups is 1. The van der Waals surface area contributed by atoms with Crippen molar-refractivity contribution in [2.45, 2.75) is 0 Å². The lowest BCUT2D eigenvalue weighted by atomic mass is 10.1. The Morgan fingerprint density at radius 1 is 0.914 bits per heavy atom. The minimum Gasteiger partial charge on any atom is -0.493 e. The monoisotopic (exact) mass is 510 g/mol. The largest absolute Gasteiger partial charge is 0.493 e. The summed E-state index contributed by atoms with van der Waals surface area (Å²) in [7, 11) is -2.25. The summed E-state index contributed by atoms with van der Waals surface area (Å²) in [6.45, 7) is -0.437. The van der Waals surface area contributed by atoms with Crippen molar-refractivity contribution in [3.8, 4) is 17.2 Å². The summed E-state index contributed by atoms with van der Waals surface area (Å²) < 4.78 is 37.7. The third-order valence-electron chi connectivity index (χ3n) is 5.23. The van der Waals surface area contributed by atoms with E-state index in [0.717, 1.165) is 21.3 Å². The average molecular weight is 511 g/mol. The summed E-state index contributed by atoms with van der Waals surface area (Å²) in [5.74, 6) is 0.721. The molecule has 35 heavy (non-hydrogen) atoms. The number of rotatable bonds is 8. The first-order valence-electron chi connectivity index (χ1n) is 10.6. The standard InChI is InChI=1S/C26H23ClN2O5S/c1-33-24-12-5-6-13-25(24)34-23-15-14-19(27)16-21(23)28-26(30)17-29(35(2,31)32)22-11-7-9-18-8-3-4-10-20(18)22/h3-16H,17H2,1-2H3,(H,28,30). The number of methoxy groups -OCH3 is 1. The van der Waals surface area contributed by atoms with Crippen LogP contribution in [0.1, 0.15) is 0 Å². The second-order valence-corrected chi connectivity index (χ2v) is 10.1. The molecule has 0 radical (unpaired) electrons. The zero-order valence-corrected chi connectivity index (χ0v) is 20.6. The zero-order chi connectivity index (χ0) is 25.0. The highest BCUT2D eigenvalue weighted by Gasteiger charge is 2.23. The number of hydrogen-bond donors (Lipinski definition) is 1. The molecule has 0 spiro atoms. The Morgan fingerprint density at radius 3 is 2.34 bits per heavy atom. The number of nitrogens with one attached hydrogen (secondary N) is 1. The maximum Gasteiger partial charge on any atom is 0.245 e. The van der Waals surface area contributed by atoms with Crippen molar-refractivity contribution in [3.05, 3.63) is 90.0 Å². The van der Waals surface area contributed by atoms with Gasteiger partial charge in [-0.25, -0.2) is 8.42 Å². The molecule has 0 atom stereocenters. The van der Waals surface area contributed by atoms with E-state index in [-0.39, 0.29) is 0 Å². The van der Waals surface area contributed by atoms with E-state index in [2.05, 4.69) is 5.32 Å². The smallest absolute Gasteiger partial charge is 0.245 e. The Kier molecular flexibility index (Phi) is 7.14. The van der Waals surface area contributed by atoms with Gasteiger partial charge in [0.2, 0.25) is 15.9 Å². The van der Waals surface area contributed by atoms with Gasteiger partial charge in [-0.3, -0.25) is 9.10 Å². The van der Waals surface area contributed by atoms with Gasteiger partial charge >= 0.3 is 0 Å². The van der Waals surface area contributed by atoms with E-state index in [1.165, 1.54) is 13.2 Å². The summed E-state index contributed by atoms with van der Waals surface area (Å²) in [6, 6.07) is 24.5. The van der Waals surface area contributed by atoms with Crippen LogP contribution in [0.3, 0.4) is 0 Å². The Hall–Kier alpha value is -3.75. The van der Waals surface area contributed by atoms with Crippen molar-refractivity contribution in [1.82, 2.24) is 0 Å². The molecule has 0 saturated carbocycles. The van der Waals surface area contributed by atoms with Crippen molar-refractivity contribution in [2.24, 2.45) is 0 Å². The highest BCUT2D eigenvalue weighted by atomic mass is 35.5. The van der Waals surface area contributed by atoms with E-state index >= 15 is 0 Å². The van der Waals surface area contributed by atoms with Gasteiger partial charge in [0.1, 0.15) is 6.54 Å². The topological polar surface area (TPSA) is 84.9 Å². The van der Waals surface area contributed by atoms with Crippen molar-refractivity contribution in [3.63, 3.8) is 0 Å². The third-order valence-corrected chi connectivity index (χ3v) is 6.59. The normalized spacial score (nSPS) is 11.2. The van der Waals surface area contributed by atoms with Gasteiger partial charge < -0.3 is 14.8 Å². The van der Waals surface area contributed by atoms with Crippen LogP contribution in [-0.2, 0) is 14.8 Å². The molecule has 4 aromatic rings. The summed E-state index contributed by atoms with van der Waals surface area (Å²) >= 11 is 6.16. The molecule has 0 aliphatic carbocycles. The molecular formula is C26H23ClN2O5S. The number of sulfonamides is 1. The lowest BCUT2D eigenvalue weighted by molar-refractivity contribution is -0.114. The van der Waals surface area contributed by atoms with Crippen LogP contribution in [0.5, 0.6) is 17.2 Å². The van der Waals surface area contributed by atoms with Gasteiger partial charge in [0.15, 0.2) is 17.2 Å². The molecule has 7 nitrogen and oxygen atoms in total. The fourth-order valence-electron chi connectivity index (χ4n) is 3.64. The molecule has 1 amide bonds. The number of carbonyl (C=O) groups excluding carboxylic acids is 1. The van der Waals surface area contributed by atoms with Crippen LogP contribution < -0.4 is 19.1 Å². The van der Waals surface area contributed by atoms with E-state index in [9.17, 15) is 13.2 Å². The van der Waals surface area contributed by atoms with Gasteiger partial charge in [-0.15, -0.1) is 0 Å². The van der Waals surface area contributed by atoms with Crippen molar-refractivity contribution in [1.29, 1.82) is 0 Å². The van der Waals surface area contributed by atoms with Crippen LogP contribution in [0.2, 0.25) is 5.02 Å². The average Bonchev–Trinajstić information content (AvgIpc) is 2.83. The number of ether oxygens (including phenoxy) is 2. The number of halogens is 1. The van der Waals surface area contributed by atoms with Crippen LogP contribution in [0.4, 0.5) is 11.4 Å². The van der Waals surface area contributed by atoms with Crippen molar-refractivity contribution in [2.75, 3.05) is 29.5 Å². The maximum absolute atomic E-state index is 13.1. The fraction of sp³-hybridized carbons (Fsp3) is 0.115. The zero-order valence-electron chi connectivity index (χ0n) is 19.1. The number of amides is 1. The number of anilines is 2. The van der Waals surface area contributed by atoms with Crippen LogP contribution in [0, 0.1) is 0 Å². The molecule has 0 aromatic heterocycles. The van der Waals surface area contributed by atoms with E-state index in [1.54, 1.807) is 42.5 Å². The molecule has 9 heteroatoms. The lowest BCUT2D eigenvalue weighted by Crippen LogP contribution is -2.37. The van der Waals surface area contributed by atoms with Crippen LogP contribution in [-0.4, -0.2) is 34.2 Å². The predicted octanol–water partition coefficient (Wildman–Crippen LogP) is 5.70. The molecule has 0 aliphatic rings. The van der Waals surface area contributed by atoms with Gasteiger partial charge in [0, 0.05) is 10.4 Å². The Balaban J connectivity index is 1.63. The van der Waals surface area contributed by atoms with Gasteiger partial charge in [-0.05, 0) is 41.8 Å². The molecule has 0 saturated heterocycles. The molecule has 4 aromatic carbocycles. The number of para-hydroxylation sites is 2. The Labute approximate surface area is 208 Å². The first kappa shape index (κ1) is 24.4. The summed E-state index contributed by atoms with van der Waals surface area (Å²) in [6.07, 6.45) is 1.07. The van der Waals surface area contributed by atoms with Gasteiger partial charge in [0.05, 0.1) is 24.7 Å². The Bertz CT molecular complexity index is 1490. The highest BCUT2D eigenvalue weighted by molar-refractivity contribution is 7.92. The van der Waals surface area contributed by atoms with Crippen LogP contribution >= 0.6 is 11.6 Å². The second kappa shape index (κ2) is 10.2. The first-order valence-corrected chi connectivity index (χ1v) is 12.8. The number of nitrogens with zero attached hydrogens (tertiary/aromatic N) is 1. The molecule has 0 bridgehead atoms. The van der Waals surface area contributed by atoms with Gasteiger partial charge in [-0.1, -0.05) is 60.1 Å². The van der Waals surface area contributed by atoms with E-state index in [1.807, 2.05) is 36.4 Å². The predicted molar refractivity (Wildman–Crippen MR) is 139 cm³/mol. The summed E-state index contributed by atoms with van der Waals surface area (Å²) in [4.78, 5) is 13.1. The number of benzene rings is 4. The Morgan fingerprint density at radius 2 is 1.60 bits per heavy atom. The molecule has 0 heterocycles. The van der Waals surface area contributed by atoms with E-state index in [4.69, 9.17) is 21.1 Å². The SMILES string of the molecule is COc1ccccc1Oc1ccc(Cl)cc1NC(=O)CN(c1cccc2ccccc12)S(C)(=O)=O. The lowest BCUT2D eigenvalue weighted by Gasteiger charge is -2.24. The summed E-state index contributed by atoms with van der Waals surface area (Å²) in [5.41, 5.74) is 0.706. The second-order valence-electron chi connectivity index (χ2n) is 7.71. The molecule has 0 fully saturated rings. The van der Waals surface area contributed by atoms with E-state index in [0.29, 0.717) is 33.6 Å². The van der Waals surface area contributed by atoms with E-state index < -0.39 is 22.5 Å². The highest BCUT2D eigenvalue weighted by Crippen LogP contribution is 2.36. The maximum atomic E-state index is 13.1. The third kappa shape index (κ3) is 5.67. The molecule has 1 N–H and O–H groups in total.